The fraction of sp³-hybridized carbons (Fsp3) is 0.250. The van der Waals surface area contributed by atoms with Crippen LogP contribution in [0.2, 0.25) is 5.02 Å². The molecule has 0 N–H and O–H groups in total. The van der Waals surface area contributed by atoms with Gasteiger partial charge in [-0.05, 0) is 32.0 Å². The second-order valence-electron chi connectivity index (χ2n) is 5.33. The number of anilines is 2. The summed E-state index contributed by atoms with van der Waals surface area (Å²) in [6.45, 7) is 3.87. The Labute approximate surface area is 144 Å². The number of pyridine rings is 1. The van der Waals surface area contributed by atoms with E-state index in [1.807, 2.05) is 32.0 Å². The van der Waals surface area contributed by atoms with Crippen LogP contribution in [0.15, 0.2) is 41.4 Å². The molecule has 5 nitrogen and oxygen atoms in total. The quantitative estimate of drug-likeness (QED) is 0.759. The van der Waals surface area contributed by atoms with Crippen molar-refractivity contribution in [2.45, 2.75) is 24.8 Å². The molecule has 1 aromatic carbocycles. The molecule has 0 atom stereocenters. The van der Waals surface area contributed by atoms with Crippen LogP contribution in [0.4, 0.5) is 16.3 Å². The summed E-state index contributed by atoms with van der Waals surface area (Å²) in [7, 11) is 1.73. The van der Waals surface area contributed by atoms with Crippen molar-refractivity contribution in [2.24, 2.45) is 0 Å². The fourth-order valence-corrected chi connectivity index (χ4v) is 3.53. The normalized spacial score (nSPS) is 14.2. The van der Waals surface area contributed by atoms with Crippen molar-refractivity contribution < 1.29 is 9.53 Å². The number of halogens is 1. The first-order valence-corrected chi connectivity index (χ1v) is 8.29. The Bertz CT molecular complexity index is 740. The SMILES string of the molecule is CC(C)Oc1cc2c(cc1Cl)SN(c1ccccn1)C(=O)N2C. The molecule has 0 aliphatic carbocycles. The molecule has 0 unspecified atom stereocenters. The molecule has 2 aromatic rings. The van der Waals surface area contributed by atoms with Crippen LogP contribution < -0.4 is 13.9 Å². The molecule has 0 spiro atoms. The minimum absolute atomic E-state index is 0.00724. The average molecular weight is 350 g/mol. The van der Waals surface area contributed by atoms with Crippen LogP contribution in [0.3, 0.4) is 0 Å². The zero-order chi connectivity index (χ0) is 16.6. The van der Waals surface area contributed by atoms with Gasteiger partial charge in [-0.2, -0.15) is 0 Å². The summed E-state index contributed by atoms with van der Waals surface area (Å²) >= 11 is 7.61. The summed E-state index contributed by atoms with van der Waals surface area (Å²) in [4.78, 5) is 19.3. The van der Waals surface area contributed by atoms with Gasteiger partial charge in [-0.3, -0.25) is 4.90 Å². The Balaban J connectivity index is 2.00. The van der Waals surface area contributed by atoms with E-state index in [-0.39, 0.29) is 12.1 Å². The number of urea groups is 1. The Morgan fingerprint density at radius 2 is 2.09 bits per heavy atom. The molecular formula is C16H16ClN3O2S. The minimum Gasteiger partial charge on any atom is -0.489 e. The molecule has 23 heavy (non-hydrogen) atoms. The number of fused-ring (bicyclic) bond motifs is 1. The highest BCUT2D eigenvalue weighted by Crippen LogP contribution is 2.44. The number of aromatic nitrogens is 1. The van der Waals surface area contributed by atoms with E-state index < -0.39 is 0 Å². The Morgan fingerprint density at radius 1 is 1.30 bits per heavy atom. The monoisotopic (exact) mass is 349 g/mol. The molecule has 0 bridgehead atoms. The molecule has 2 heterocycles. The van der Waals surface area contributed by atoms with E-state index in [0.29, 0.717) is 16.6 Å². The summed E-state index contributed by atoms with van der Waals surface area (Å²) in [5.41, 5.74) is 0.771. The highest BCUT2D eigenvalue weighted by molar-refractivity contribution is 8.01. The molecular weight excluding hydrogens is 334 g/mol. The third-order valence-corrected chi connectivity index (χ3v) is 4.59. The highest BCUT2D eigenvalue weighted by atomic mass is 35.5. The van der Waals surface area contributed by atoms with Crippen LogP contribution in [-0.2, 0) is 0 Å². The predicted molar refractivity (Wildman–Crippen MR) is 93.6 cm³/mol. The van der Waals surface area contributed by atoms with E-state index >= 15 is 0 Å². The first-order valence-electron chi connectivity index (χ1n) is 7.14. The van der Waals surface area contributed by atoms with Gasteiger partial charge in [-0.25, -0.2) is 14.1 Å². The van der Waals surface area contributed by atoms with Crippen LogP contribution in [0.1, 0.15) is 13.8 Å². The first kappa shape index (κ1) is 16.0. The maximum absolute atomic E-state index is 12.6. The lowest BCUT2D eigenvalue weighted by atomic mass is 10.2. The van der Waals surface area contributed by atoms with Crippen LogP contribution in [-0.4, -0.2) is 24.2 Å². The van der Waals surface area contributed by atoms with Gasteiger partial charge >= 0.3 is 6.03 Å². The van der Waals surface area contributed by atoms with Gasteiger partial charge in [-0.1, -0.05) is 17.7 Å². The molecule has 1 aliphatic heterocycles. The van der Waals surface area contributed by atoms with Gasteiger partial charge in [0.05, 0.1) is 21.7 Å². The van der Waals surface area contributed by atoms with Crippen molar-refractivity contribution in [3.05, 3.63) is 41.6 Å². The van der Waals surface area contributed by atoms with Gasteiger partial charge < -0.3 is 4.74 Å². The van der Waals surface area contributed by atoms with E-state index in [1.165, 1.54) is 11.9 Å². The minimum atomic E-state index is -0.168. The third kappa shape index (κ3) is 3.09. The maximum Gasteiger partial charge on any atom is 0.340 e. The standard InChI is InChI=1S/C16H16ClN3O2S/c1-10(2)22-13-9-12-14(8-11(13)17)23-20(16(21)19(12)3)15-6-4-5-7-18-15/h4-10H,1-3H3. The summed E-state index contributed by atoms with van der Waals surface area (Å²) in [5, 5.41) is 0.522. The summed E-state index contributed by atoms with van der Waals surface area (Å²) in [6.07, 6.45) is 1.67. The molecule has 0 fully saturated rings. The number of rotatable bonds is 3. The molecule has 0 saturated heterocycles. The van der Waals surface area contributed by atoms with Crippen molar-refractivity contribution in [3.63, 3.8) is 0 Å². The van der Waals surface area contributed by atoms with E-state index in [1.54, 1.807) is 34.6 Å². The average Bonchev–Trinajstić information content (AvgIpc) is 2.53. The zero-order valence-electron chi connectivity index (χ0n) is 13.0. The number of carbonyl (C=O) groups excluding carboxylic acids is 1. The number of hydrogen-bond acceptors (Lipinski definition) is 4. The van der Waals surface area contributed by atoms with E-state index in [9.17, 15) is 4.79 Å². The van der Waals surface area contributed by atoms with Gasteiger partial charge in [0.25, 0.3) is 0 Å². The van der Waals surface area contributed by atoms with Gasteiger partial charge in [0.1, 0.15) is 11.6 Å². The summed E-state index contributed by atoms with van der Waals surface area (Å²) in [5.74, 6) is 1.16. The van der Waals surface area contributed by atoms with E-state index in [2.05, 4.69) is 4.98 Å². The van der Waals surface area contributed by atoms with Gasteiger partial charge in [0.15, 0.2) is 0 Å². The predicted octanol–water partition coefficient (Wildman–Crippen LogP) is 4.61. The highest BCUT2D eigenvalue weighted by Gasteiger charge is 2.32. The molecule has 0 radical (unpaired) electrons. The smallest absolute Gasteiger partial charge is 0.340 e. The number of hydrogen-bond donors (Lipinski definition) is 0. The number of nitrogens with zero attached hydrogens (tertiary/aromatic N) is 3. The third-order valence-electron chi connectivity index (χ3n) is 3.25. The van der Waals surface area contributed by atoms with Crippen LogP contribution in [0.25, 0.3) is 0 Å². The fourth-order valence-electron chi connectivity index (χ4n) is 2.20. The van der Waals surface area contributed by atoms with E-state index in [4.69, 9.17) is 16.3 Å². The van der Waals surface area contributed by atoms with Gasteiger partial charge in [-0.15, -0.1) is 0 Å². The largest absolute Gasteiger partial charge is 0.489 e. The maximum atomic E-state index is 12.6. The van der Waals surface area contributed by atoms with E-state index in [0.717, 1.165) is 10.6 Å². The molecule has 1 aromatic heterocycles. The topological polar surface area (TPSA) is 45.7 Å². The van der Waals surface area contributed by atoms with Crippen LogP contribution in [0, 0.1) is 0 Å². The number of amides is 2. The molecule has 7 heteroatoms. The molecule has 2 amide bonds. The van der Waals surface area contributed by atoms with Crippen molar-refractivity contribution in [3.8, 4) is 5.75 Å². The molecule has 0 saturated carbocycles. The van der Waals surface area contributed by atoms with Gasteiger partial charge in [0.2, 0.25) is 0 Å². The number of ether oxygens (including phenoxy) is 1. The van der Waals surface area contributed by atoms with Crippen molar-refractivity contribution >= 4 is 41.1 Å². The zero-order valence-corrected chi connectivity index (χ0v) is 14.6. The Hall–Kier alpha value is -1.92. The van der Waals surface area contributed by atoms with Gasteiger partial charge in [0, 0.05) is 31.3 Å². The molecule has 120 valence electrons. The Morgan fingerprint density at radius 3 is 2.74 bits per heavy atom. The lowest BCUT2D eigenvalue weighted by Crippen LogP contribution is -2.41. The second-order valence-corrected chi connectivity index (χ2v) is 6.73. The number of benzene rings is 1. The number of carbonyl (C=O) groups is 1. The first-order chi connectivity index (χ1) is 11.0. The van der Waals surface area contributed by atoms with Crippen molar-refractivity contribution in [1.29, 1.82) is 0 Å². The lowest BCUT2D eigenvalue weighted by molar-refractivity contribution is 0.242. The summed E-state index contributed by atoms with van der Waals surface area (Å²) < 4.78 is 7.24. The molecule has 1 aliphatic rings. The van der Waals surface area contributed by atoms with Crippen molar-refractivity contribution in [2.75, 3.05) is 16.3 Å². The second kappa shape index (κ2) is 6.29. The van der Waals surface area contributed by atoms with Crippen LogP contribution in [0.5, 0.6) is 5.75 Å². The Kier molecular flexibility index (Phi) is 4.37. The van der Waals surface area contributed by atoms with Crippen molar-refractivity contribution in [1.82, 2.24) is 4.98 Å². The summed E-state index contributed by atoms with van der Waals surface area (Å²) in [6, 6.07) is 8.90. The van der Waals surface area contributed by atoms with Crippen LogP contribution >= 0.6 is 23.5 Å². The molecule has 3 rings (SSSR count). The lowest BCUT2D eigenvalue weighted by Gasteiger charge is -2.33.